The van der Waals surface area contributed by atoms with Gasteiger partial charge in [0.1, 0.15) is 0 Å². The van der Waals surface area contributed by atoms with E-state index < -0.39 is 17.6 Å². The average molecular weight is 424 g/mol. The summed E-state index contributed by atoms with van der Waals surface area (Å²) in [5, 5.41) is 3.91. The largest absolute Gasteiger partial charge is 0.352 e. The van der Waals surface area contributed by atoms with Gasteiger partial charge in [-0.2, -0.15) is 0 Å². The molecule has 0 radical (unpaired) electrons. The highest BCUT2D eigenvalue weighted by Gasteiger charge is 2.41. The van der Waals surface area contributed by atoms with E-state index in [0.717, 1.165) is 17.5 Å². The van der Waals surface area contributed by atoms with Gasteiger partial charge >= 0.3 is 0 Å². The van der Waals surface area contributed by atoms with E-state index in [1.165, 1.54) is 6.07 Å². The lowest BCUT2D eigenvalue weighted by Gasteiger charge is -2.34. The summed E-state index contributed by atoms with van der Waals surface area (Å²) >= 11 is 0. The van der Waals surface area contributed by atoms with Gasteiger partial charge in [0.05, 0.1) is 11.2 Å². The second kappa shape index (κ2) is 6.65. The summed E-state index contributed by atoms with van der Waals surface area (Å²) in [6, 6.07) is 17.5. The van der Waals surface area contributed by atoms with Crippen molar-refractivity contribution < 1.29 is 18.4 Å². The van der Waals surface area contributed by atoms with Gasteiger partial charge in [0.15, 0.2) is 17.4 Å². The fourth-order valence-electron chi connectivity index (χ4n) is 4.69. The lowest BCUT2D eigenvalue weighted by Crippen LogP contribution is -2.33. The first-order valence-electron chi connectivity index (χ1n) is 10.1. The van der Waals surface area contributed by atoms with Gasteiger partial charge in [-0.1, -0.05) is 36.4 Å². The number of fused-ring (bicyclic) bond motifs is 4. The van der Waals surface area contributed by atoms with Gasteiger partial charge in [0.2, 0.25) is 5.78 Å². The van der Waals surface area contributed by atoms with Gasteiger partial charge in [0, 0.05) is 39.9 Å². The minimum absolute atomic E-state index is 0.166. The van der Waals surface area contributed by atoms with Crippen LogP contribution in [-0.4, -0.2) is 16.6 Å². The van der Waals surface area contributed by atoms with E-state index in [9.17, 15) is 18.4 Å². The van der Waals surface area contributed by atoms with Gasteiger partial charge in [-0.25, -0.2) is 8.78 Å². The summed E-state index contributed by atoms with van der Waals surface area (Å²) < 4.78 is 28.0. The van der Waals surface area contributed by atoms with E-state index in [4.69, 9.17) is 0 Å². The van der Waals surface area contributed by atoms with Gasteiger partial charge in [-0.15, -0.1) is 0 Å². The lowest BCUT2D eigenvalue weighted by atomic mass is 9.72. The van der Waals surface area contributed by atoms with Gasteiger partial charge in [-0.05, 0) is 41.5 Å². The SMILES string of the molecule is O=C1C2=C(C(=O)c3ccccc31)C(c1ccc(F)c(F)c1)c1c(ccc3ncccc13)N2. The molecule has 6 heteroatoms. The average Bonchev–Trinajstić information content (AvgIpc) is 2.83. The van der Waals surface area contributed by atoms with Gasteiger partial charge in [-0.3, -0.25) is 14.6 Å². The van der Waals surface area contributed by atoms with Crippen LogP contribution in [0.25, 0.3) is 10.9 Å². The highest BCUT2D eigenvalue weighted by atomic mass is 19.2. The third-order valence-corrected chi connectivity index (χ3v) is 6.10. The maximum Gasteiger partial charge on any atom is 0.210 e. The van der Waals surface area contributed by atoms with Crippen molar-refractivity contribution in [3.8, 4) is 0 Å². The Labute approximate surface area is 181 Å². The first kappa shape index (κ1) is 18.6. The summed E-state index contributed by atoms with van der Waals surface area (Å²) in [7, 11) is 0. The van der Waals surface area contributed by atoms with E-state index in [1.54, 1.807) is 42.6 Å². The Balaban J connectivity index is 1.70. The van der Waals surface area contributed by atoms with Gasteiger partial charge < -0.3 is 5.32 Å². The number of aromatic nitrogens is 1. The van der Waals surface area contributed by atoms with Crippen LogP contribution in [-0.2, 0) is 0 Å². The fourth-order valence-corrected chi connectivity index (χ4v) is 4.69. The van der Waals surface area contributed by atoms with Crippen molar-refractivity contribution in [2.24, 2.45) is 0 Å². The molecule has 3 aromatic carbocycles. The Kier molecular flexibility index (Phi) is 3.86. The Morgan fingerprint density at radius 2 is 1.59 bits per heavy atom. The molecule has 6 rings (SSSR count). The minimum Gasteiger partial charge on any atom is -0.352 e. The van der Waals surface area contributed by atoms with E-state index >= 15 is 0 Å². The number of allylic oxidation sites excluding steroid dienone is 2. The van der Waals surface area contributed by atoms with Crippen LogP contribution >= 0.6 is 0 Å². The monoisotopic (exact) mass is 424 g/mol. The number of carbonyl (C=O) groups is 2. The van der Waals surface area contributed by atoms with E-state index in [2.05, 4.69) is 10.3 Å². The molecule has 1 N–H and O–H groups in total. The van der Waals surface area contributed by atoms with E-state index in [0.29, 0.717) is 33.5 Å². The zero-order valence-electron chi connectivity index (χ0n) is 16.5. The standard InChI is InChI=1S/C26H14F2N2O2/c27-17-8-7-13(12-18(17)28)21-22-16-6-3-11-29-19(16)9-10-20(22)30-24-23(21)25(31)14-4-1-2-5-15(14)26(24)32/h1-12,21,30H. The Morgan fingerprint density at radius 1 is 0.812 bits per heavy atom. The number of nitrogens with one attached hydrogen (secondary N) is 1. The summed E-state index contributed by atoms with van der Waals surface area (Å²) in [4.78, 5) is 31.4. The maximum atomic E-state index is 14.3. The summed E-state index contributed by atoms with van der Waals surface area (Å²) in [6.45, 7) is 0. The second-order valence-electron chi connectivity index (χ2n) is 7.82. The molecule has 32 heavy (non-hydrogen) atoms. The molecule has 2 heterocycles. The highest BCUT2D eigenvalue weighted by molar-refractivity contribution is 6.29. The molecule has 1 aliphatic heterocycles. The third-order valence-electron chi connectivity index (χ3n) is 6.10. The molecule has 4 nitrogen and oxygen atoms in total. The number of pyridine rings is 1. The second-order valence-corrected chi connectivity index (χ2v) is 7.82. The van der Waals surface area contributed by atoms with Crippen molar-refractivity contribution >= 4 is 28.2 Å². The van der Waals surface area contributed by atoms with Crippen LogP contribution in [0.1, 0.15) is 37.8 Å². The fraction of sp³-hybridized carbons (Fsp3) is 0.0385. The first-order chi connectivity index (χ1) is 15.5. The summed E-state index contributed by atoms with van der Waals surface area (Å²) in [5.74, 6) is -3.39. The Bertz CT molecular complexity index is 1520. The van der Waals surface area contributed by atoms with Crippen molar-refractivity contribution in [2.45, 2.75) is 5.92 Å². The van der Waals surface area contributed by atoms with Crippen molar-refractivity contribution in [3.63, 3.8) is 0 Å². The van der Waals surface area contributed by atoms with Crippen LogP contribution < -0.4 is 5.32 Å². The predicted octanol–water partition coefficient (Wildman–Crippen LogP) is 5.40. The van der Waals surface area contributed by atoms with Crippen LogP contribution in [0, 0.1) is 11.6 Å². The number of anilines is 1. The van der Waals surface area contributed by atoms with Crippen molar-refractivity contribution in [2.75, 3.05) is 5.32 Å². The molecular weight excluding hydrogens is 410 g/mol. The molecule has 4 aromatic rings. The molecule has 0 saturated heterocycles. The number of hydrogen-bond donors (Lipinski definition) is 1. The van der Waals surface area contributed by atoms with Crippen molar-refractivity contribution in [1.29, 1.82) is 0 Å². The minimum atomic E-state index is -1.02. The molecule has 154 valence electrons. The van der Waals surface area contributed by atoms with Gasteiger partial charge in [0.25, 0.3) is 0 Å². The number of halogens is 2. The molecular formula is C26H14F2N2O2. The highest BCUT2D eigenvalue weighted by Crippen LogP contribution is 2.48. The normalized spacial score (nSPS) is 17.0. The van der Waals surface area contributed by atoms with Crippen LogP contribution in [0.5, 0.6) is 0 Å². The number of hydrogen-bond acceptors (Lipinski definition) is 4. The van der Waals surface area contributed by atoms with Crippen LogP contribution in [0.4, 0.5) is 14.5 Å². The number of nitrogens with zero attached hydrogens (tertiary/aromatic N) is 1. The zero-order valence-corrected chi connectivity index (χ0v) is 16.5. The van der Waals surface area contributed by atoms with Crippen molar-refractivity contribution in [1.82, 2.24) is 4.98 Å². The topological polar surface area (TPSA) is 59.1 Å². The molecule has 0 amide bonds. The number of carbonyl (C=O) groups excluding carboxylic acids is 2. The number of benzene rings is 3. The quantitative estimate of drug-likeness (QED) is 0.444. The van der Waals surface area contributed by atoms with E-state index in [-0.39, 0.29) is 22.8 Å². The third kappa shape index (κ3) is 2.49. The predicted molar refractivity (Wildman–Crippen MR) is 116 cm³/mol. The molecule has 2 aliphatic rings. The maximum absolute atomic E-state index is 14.3. The van der Waals surface area contributed by atoms with Crippen LogP contribution in [0.2, 0.25) is 0 Å². The summed E-state index contributed by atoms with van der Waals surface area (Å²) in [6.07, 6.45) is 1.66. The molecule has 1 unspecified atom stereocenters. The lowest BCUT2D eigenvalue weighted by molar-refractivity contribution is 0.0971. The molecule has 0 spiro atoms. The molecule has 1 aliphatic carbocycles. The van der Waals surface area contributed by atoms with Crippen molar-refractivity contribution in [3.05, 3.63) is 118 Å². The van der Waals surface area contributed by atoms with E-state index in [1.807, 2.05) is 12.1 Å². The number of rotatable bonds is 1. The van der Waals surface area contributed by atoms with Crippen LogP contribution in [0.15, 0.2) is 84.2 Å². The Morgan fingerprint density at radius 3 is 2.38 bits per heavy atom. The Hall–Kier alpha value is -4.19. The molecule has 1 atom stereocenters. The number of Topliss-reactive ketones (excluding diaryl/α,β-unsaturated/α-hetero) is 2. The first-order valence-corrected chi connectivity index (χ1v) is 10.1. The smallest absolute Gasteiger partial charge is 0.210 e. The molecule has 0 bridgehead atoms. The number of ketones is 2. The summed E-state index contributed by atoms with van der Waals surface area (Å²) in [5.41, 5.74) is 3.41. The zero-order chi connectivity index (χ0) is 22.0. The molecule has 0 fully saturated rings. The molecule has 1 aromatic heterocycles. The molecule has 0 saturated carbocycles. The van der Waals surface area contributed by atoms with Crippen LogP contribution in [0.3, 0.4) is 0 Å².